The molecule has 1 aromatic heterocycles. The average Bonchev–Trinajstić information content (AvgIpc) is 2.60. The summed E-state index contributed by atoms with van der Waals surface area (Å²) in [4.78, 5) is 8.12. The zero-order chi connectivity index (χ0) is 18.5. The fourth-order valence-corrected chi connectivity index (χ4v) is 4.08. The third-order valence-corrected chi connectivity index (χ3v) is 5.54. The standard InChI is InChI=1S/C18H16N2O5S/c1-10-3-6-16(26(21,22)23)11(2)17(10)15-8-24-14-5-4-13-12(18(14)25-15)7-19-9-20-13/h3-7,9,15H,8H2,1-2H3,(H,21,22,23). The highest BCUT2D eigenvalue weighted by molar-refractivity contribution is 7.85. The minimum absolute atomic E-state index is 0.131. The van der Waals surface area contributed by atoms with Crippen molar-refractivity contribution in [3.63, 3.8) is 0 Å². The number of ether oxygens (including phenoxy) is 2. The lowest BCUT2D eigenvalue weighted by atomic mass is 9.97. The third kappa shape index (κ3) is 2.67. The minimum atomic E-state index is -4.32. The van der Waals surface area contributed by atoms with Gasteiger partial charge in [0.05, 0.1) is 15.8 Å². The molecule has 3 aromatic rings. The summed E-state index contributed by atoms with van der Waals surface area (Å²) in [6.07, 6.45) is 2.59. The van der Waals surface area contributed by atoms with Gasteiger partial charge in [-0.25, -0.2) is 9.97 Å². The lowest BCUT2D eigenvalue weighted by Gasteiger charge is -2.29. The Hall–Kier alpha value is -2.71. The highest BCUT2D eigenvalue weighted by atomic mass is 32.2. The van der Waals surface area contributed by atoms with Gasteiger partial charge in [-0.1, -0.05) is 6.07 Å². The van der Waals surface area contributed by atoms with Crippen LogP contribution in [0.25, 0.3) is 10.9 Å². The maximum absolute atomic E-state index is 11.6. The first kappa shape index (κ1) is 16.7. The van der Waals surface area contributed by atoms with E-state index in [-0.39, 0.29) is 11.5 Å². The minimum Gasteiger partial charge on any atom is -0.485 e. The van der Waals surface area contributed by atoms with Crippen LogP contribution in [0.4, 0.5) is 0 Å². The molecule has 1 atom stereocenters. The van der Waals surface area contributed by atoms with E-state index >= 15 is 0 Å². The van der Waals surface area contributed by atoms with Gasteiger partial charge in [0, 0.05) is 11.8 Å². The number of hydrogen-bond acceptors (Lipinski definition) is 6. The molecule has 0 aliphatic carbocycles. The largest absolute Gasteiger partial charge is 0.485 e. The van der Waals surface area contributed by atoms with Crippen molar-refractivity contribution in [1.82, 2.24) is 9.97 Å². The van der Waals surface area contributed by atoms with Crippen LogP contribution >= 0.6 is 0 Å². The van der Waals surface area contributed by atoms with E-state index in [9.17, 15) is 13.0 Å². The molecule has 26 heavy (non-hydrogen) atoms. The van der Waals surface area contributed by atoms with Crippen LogP contribution in [0.1, 0.15) is 22.8 Å². The number of hydrogen-bond donors (Lipinski definition) is 1. The van der Waals surface area contributed by atoms with Crippen LogP contribution in [-0.4, -0.2) is 29.5 Å². The fraction of sp³-hybridized carbons (Fsp3) is 0.222. The van der Waals surface area contributed by atoms with Crippen molar-refractivity contribution in [1.29, 1.82) is 0 Å². The smallest absolute Gasteiger partial charge is 0.294 e. The predicted octanol–water partition coefficient (Wildman–Crippen LogP) is 3.01. The summed E-state index contributed by atoms with van der Waals surface area (Å²) in [5, 5.41) is 0.718. The van der Waals surface area contributed by atoms with Crippen molar-refractivity contribution in [3.8, 4) is 11.5 Å². The zero-order valence-electron chi connectivity index (χ0n) is 14.1. The molecule has 1 aliphatic rings. The molecule has 4 rings (SSSR count). The summed E-state index contributed by atoms with van der Waals surface area (Å²) in [5.41, 5.74) is 2.70. The molecule has 0 saturated carbocycles. The number of fused-ring (bicyclic) bond motifs is 3. The van der Waals surface area contributed by atoms with Crippen molar-refractivity contribution < 1.29 is 22.4 Å². The van der Waals surface area contributed by atoms with E-state index in [1.165, 1.54) is 12.4 Å². The molecule has 0 radical (unpaired) electrons. The first-order valence-electron chi connectivity index (χ1n) is 7.96. The van der Waals surface area contributed by atoms with Gasteiger partial charge in [-0.15, -0.1) is 0 Å². The van der Waals surface area contributed by atoms with Gasteiger partial charge in [0.1, 0.15) is 12.9 Å². The molecule has 8 heteroatoms. The van der Waals surface area contributed by atoms with Crippen LogP contribution < -0.4 is 9.47 Å². The summed E-state index contributed by atoms with van der Waals surface area (Å²) in [7, 11) is -4.32. The van der Waals surface area contributed by atoms with E-state index in [1.807, 2.05) is 13.0 Å². The van der Waals surface area contributed by atoms with Gasteiger partial charge in [0.25, 0.3) is 10.1 Å². The molecule has 0 fully saturated rings. The van der Waals surface area contributed by atoms with E-state index in [2.05, 4.69) is 9.97 Å². The Labute approximate surface area is 150 Å². The molecule has 0 bridgehead atoms. The molecule has 1 unspecified atom stereocenters. The van der Waals surface area contributed by atoms with Gasteiger partial charge in [0.2, 0.25) is 0 Å². The van der Waals surface area contributed by atoms with Crippen molar-refractivity contribution in [2.75, 3.05) is 6.61 Å². The predicted molar refractivity (Wildman–Crippen MR) is 94.1 cm³/mol. The number of aromatic nitrogens is 2. The van der Waals surface area contributed by atoms with Crippen LogP contribution in [0, 0.1) is 13.8 Å². The van der Waals surface area contributed by atoms with E-state index in [0.717, 1.165) is 16.5 Å². The Morgan fingerprint density at radius 3 is 2.77 bits per heavy atom. The van der Waals surface area contributed by atoms with E-state index in [4.69, 9.17) is 9.47 Å². The molecule has 2 aromatic carbocycles. The Kier molecular flexibility index (Phi) is 3.82. The molecule has 0 spiro atoms. The molecule has 1 aliphatic heterocycles. The van der Waals surface area contributed by atoms with Crippen molar-refractivity contribution in [2.45, 2.75) is 24.8 Å². The van der Waals surface area contributed by atoms with Gasteiger partial charge in [-0.2, -0.15) is 8.42 Å². The molecule has 2 heterocycles. The number of nitrogens with zero attached hydrogens (tertiary/aromatic N) is 2. The molecule has 7 nitrogen and oxygen atoms in total. The van der Waals surface area contributed by atoms with Crippen LogP contribution in [0.2, 0.25) is 0 Å². The number of aryl methyl sites for hydroxylation is 1. The van der Waals surface area contributed by atoms with E-state index in [0.29, 0.717) is 22.6 Å². The first-order chi connectivity index (χ1) is 12.4. The molecule has 1 N–H and O–H groups in total. The fourth-order valence-electron chi connectivity index (χ4n) is 3.35. The van der Waals surface area contributed by atoms with Crippen molar-refractivity contribution in [2.24, 2.45) is 0 Å². The van der Waals surface area contributed by atoms with Crippen LogP contribution in [0.5, 0.6) is 11.5 Å². The second-order valence-corrected chi connectivity index (χ2v) is 7.55. The average molecular weight is 372 g/mol. The molecule has 134 valence electrons. The van der Waals surface area contributed by atoms with Crippen LogP contribution in [-0.2, 0) is 10.1 Å². The second-order valence-electron chi connectivity index (χ2n) is 6.16. The zero-order valence-corrected chi connectivity index (χ0v) is 14.9. The molecule has 0 amide bonds. The summed E-state index contributed by atoms with van der Waals surface area (Å²) in [6.45, 7) is 3.74. The van der Waals surface area contributed by atoms with Crippen molar-refractivity contribution in [3.05, 3.63) is 53.5 Å². The Balaban J connectivity index is 1.84. The Morgan fingerprint density at radius 2 is 2.00 bits per heavy atom. The summed E-state index contributed by atoms with van der Waals surface area (Å²) >= 11 is 0. The monoisotopic (exact) mass is 372 g/mol. The summed E-state index contributed by atoms with van der Waals surface area (Å²) in [6, 6.07) is 6.66. The lowest BCUT2D eigenvalue weighted by Crippen LogP contribution is -2.24. The van der Waals surface area contributed by atoms with Crippen molar-refractivity contribution >= 4 is 21.0 Å². The first-order valence-corrected chi connectivity index (χ1v) is 9.40. The quantitative estimate of drug-likeness (QED) is 0.690. The van der Waals surface area contributed by atoms with E-state index < -0.39 is 16.2 Å². The number of rotatable bonds is 2. The van der Waals surface area contributed by atoms with Gasteiger partial charge in [-0.05, 0) is 43.2 Å². The maximum atomic E-state index is 11.6. The second kappa shape index (κ2) is 5.93. The summed E-state index contributed by atoms with van der Waals surface area (Å²) < 4.78 is 44.8. The highest BCUT2D eigenvalue weighted by Gasteiger charge is 2.29. The Bertz CT molecular complexity index is 1130. The van der Waals surface area contributed by atoms with Gasteiger partial charge >= 0.3 is 0 Å². The molecular weight excluding hydrogens is 356 g/mol. The molecular formula is C18H16N2O5S. The summed E-state index contributed by atoms with van der Waals surface area (Å²) in [5.74, 6) is 1.11. The third-order valence-electron chi connectivity index (χ3n) is 4.54. The van der Waals surface area contributed by atoms with Gasteiger partial charge < -0.3 is 9.47 Å². The highest BCUT2D eigenvalue weighted by Crippen LogP contribution is 2.42. The van der Waals surface area contributed by atoms with Crippen LogP contribution in [0.3, 0.4) is 0 Å². The maximum Gasteiger partial charge on any atom is 0.294 e. The van der Waals surface area contributed by atoms with Crippen LogP contribution in [0.15, 0.2) is 41.7 Å². The van der Waals surface area contributed by atoms with E-state index in [1.54, 1.807) is 25.3 Å². The number of benzene rings is 2. The topological polar surface area (TPSA) is 98.6 Å². The normalized spacial score (nSPS) is 16.7. The Morgan fingerprint density at radius 1 is 1.19 bits per heavy atom. The molecule has 0 saturated heterocycles. The van der Waals surface area contributed by atoms with Gasteiger partial charge in [0.15, 0.2) is 17.6 Å². The lowest BCUT2D eigenvalue weighted by molar-refractivity contribution is 0.0923. The van der Waals surface area contributed by atoms with Gasteiger partial charge in [-0.3, -0.25) is 4.55 Å². The SMILES string of the molecule is Cc1ccc(S(=O)(=O)O)c(C)c1C1COc2ccc3ncncc3c2O1.